The molecule has 1 saturated heterocycles. The number of ketones is 1. The number of hydrogen-bond donors (Lipinski definition) is 1. The monoisotopic (exact) mass is 486 g/mol. The molecule has 7 heteroatoms. The van der Waals surface area contributed by atoms with Crippen LogP contribution in [0.5, 0.6) is 11.5 Å². The molecule has 0 spiro atoms. The van der Waals surface area contributed by atoms with E-state index >= 15 is 0 Å². The molecule has 1 N–H and O–H groups in total. The molecule has 0 radical (unpaired) electrons. The number of amides is 1. The number of Topliss-reactive ketones (excluding diaryl/α,β-unsaturated/α-hetero) is 1. The molecule has 1 fully saturated rings. The van der Waals surface area contributed by atoms with Crippen LogP contribution in [0.4, 0.5) is 0 Å². The number of carbonyl (C=O) groups excluding carboxylic acids is 2. The van der Waals surface area contributed by atoms with Gasteiger partial charge in [0.25, 0.3) is 11.7 Å². The van der Waals surface area contributed by atoms with Crippen LogP contribution in [-0.2, 0) is 16.1 Å². The second-order valence-corrected chi connectivity index (χ2v) is 9.05. The summed E-state index contributed by atoms with van der Waals surface area (Å²) >= 11 is 0. The quantitative estimate of drug-likeness (QED) is 0.282. The zero-order valence-electron chi connectivity index (χ0n) is 21.1. The van der Waals surface area contributed by atoms with Crippen molar-refractivity contribution in [1.82, 2.24) is 9.88 Å². The molecule has 1 aromatic heterocycles. The molecule has 7 nitrogen and oxygen atoms in total. The number of aliphatic hydroxyl groups excluding tert-OH is 1. The molecular formula is C29H30N2O5. The van der Waals surface area contributed by atoms with E-state index in [4.69, 9.17) is 9.47 Å². The van der Waals surface area contributed by atoms with Crippen molar-refractivity contribution in [2.24, 2.45) is 0 Å². The van der Waals surface area contributed by atoms with Crippen LogP contribution in [0.25, 0.3) is 5.76 Å². The SMILES string of the molecule is COc1cc(C)c(/C(O)=C2\C(=O)C(=O)N(Cc3ccccn3)C2c2ccccc2OC)cc1C(C)C. The molecule has 1 unspecified atom stereocenters. The smallest absolute Gasteiger partial charge is 0.296 e. The van der Waals surface area contributed by atoms with Crippen LogP contribution in [0.2, 0.25) is 0 Å². The van der Waals surface area contributed by atoms with Gasteiger partial charge in [-0.3, -0.25) is 14.6 Å². The van der Waals surface area contributed by atoms with E-state index in [1.165, 1.54) is 12.0 Å². The Morgan fingerprint density at radius 3 is 2.36 bits per heavy atom. The van der Waals surface area contributed by atoms with Crippen molar-refractivity contribution < 1.29 is 24.2 Å². The van der Waals surface area contributed by atoms with E-state index in [1.807, 2.05) is 51.1 Å². The molecule has 1 atom stereocenters. The van der Waals surface area contributed by atoms with E-state index in [-0.39, 0.29) is 23.8 Å². The summed E-state index contributed by atoms with van der Waals surface area (Å²) in [5.74, 6) is -0.348. The normalized spacial score (nSPS) is 17.1. The maximum absolute atomic E-state index is 13.5. The number of hydrogen-bond acceptors (Lipinski definition) is 6. The Morgan fingerprint density at radius 1 is 1.03 bits per heavy atom. The van der Waals surface area contributed by atoms with Gasteiger partial charge in [0.15, 0.2) is 0 Å². The summed E-state index contributed by atoms with van der Waals surface area (Å²) in [6.07, 6.45) is 1.64. The molecule has 2 heterocycles. The first-order valence-electron chi connectivity index (χ1n) is 11.8. The Balaban J connectivity index is 1.95. The third kappa shape index (κ3) is 4.44. The van der Waals surface area contributed by atoms with Crippen molar-refractivity contribution in [3.8, 4) is 11.5 Å². The Kier molecular flexibility index (Phi) is 7.10. The van der Waals surface area contributed by atoms with Crippen molar-refractivity contribution in [2.75, 3.05) is 14.2 Å². The summed E-state index contributed by atoms with van der Waals surface area (Å²) in [5.41, 5.74) is 3.34. The van der Waals surface area contributed by atoms with Gasteiger partial charge in [-0.1, -0.05) is 38.1 Å². The van der Waals surface area contributed by atoms with E-state index < -0.39 is 17.7 Å². The summed E-state index contributed by atoms with van der Waals surface area (Å²) in [7, 11) is 3.14. The maximum atomic E-state index is 13.5. The molecule has 2 aromatic carbocycles. The molecule has 0 bridgehead atoms. The number of rotatable bonds is 7. The minimum Gasteiger partial charge on any atom is -0.507 e. The largest absolute Gasteiger partial charge is 0.507 e. The van der Waals surface area contributed by atoms with Gasteiger partial charge >= 0.3 is 0 Å². The molecule has 0 saturated carbocycles. The number of benzene rings is 2. The van der Waals surface area contributed by atoms with Gasteiger partial charge in [-0.15, -0.1) is 0 Å². The van der Waals surface area contributed by atoms with Gasteiger partial charge in [-0.05, 0) is 54.3 Å². The van der Waals surface area contributed by atoms with Crippen molar-refractivity contribution in [3.05, 3.63) is 94.3 Å². The van der Waals surface area contributed by atoms with E-state index in [2.05, 4.69) is 4.98 Å². The van der Waals surface area contributed by atoms with Crippen molar-refractivity contribution in [1.29, 1.82) is 0 Å². The van der Waals surface area contributed by atoms with Gasteiger partial charge in [-0.2, -0.15) is 0 Å². The minimum absolute atomic E-state index is 0.0170. The lowest BCUT2D eigenvalue weighted by atomic mass is 9.90. The van der Waals surface area contributed by atoms with Gasteiger partial charge in [0.2, 0.25) is 0 Å². The Hall–Kier alpha value is -4.13. The van der Waals surface area contributed by atoms with Crippen LogP contribution < -0.4 is 9.47 Å². The summed E-state index contributed by atoms with van der Waals surface area (Å²) in [6, 6.07) is 15.4. The Labute approximate surface area is 211 Å². The number of aliphatic hydroxyl groups is 1. The highest BCUT2D eigenvalue weighted by molar-refractivity contribution is 6.46. The van der Waals surface area contributed by atoms with E-state index in [0.717, 1.165) is 11.1 Å². The highest BCUT2D eigenvalue weighted by Gasteiger charge is 2.47. The van der Waals surface area contributed by atoms with Gasteiger partial charge in [0.05, 0.1) is 38.1 Å². The molecule has 1 amide bonds. The van der Waals surface area contributed by atoms with Crippen LogP contribution in [0, 0.1) is 6.92 Å². The van der Waals surface area contributed by atoms with E-state index in [1.54, 1.807) is 37.6 Å². The first-order chi connectivity index (χ1) is 17.3. The number of methoxy groups -OCH3 is 2. The molecule has 36 heavy (non-hydrogen) atoms. The number of aryl methyl sites for hydroxylation is 1. The summed E-state index contributed by atoms with van der Waals surface area (Å²) in [4.78, 5) is 32.6. The fourth-order valence-corrected chi connectivity index (χ4v) is 4.65. The summed E-state index contributed by atoms with van der Waals surface area (Å²) in [6.45, 7) is 5.99. The van der Waals surface area contributed by atoms with Gasteiger partial charge in [0, 0.05) is 17.3 Å². The Morgan fingerprint density at radius 2 is 1.72 bits per heavy atom. The first kappa shape index (κ1) is 25.0. The lowest BCUT2D eigenvalue weighted by Crippen LogP contribution is -2.29. The zero-order valence-corrected chi connectivity index (χ0v) is 21.1. The maximum Gasteiger partial charge on any atom is 0.296 e. The molecule has 1 aliphatic heterocycles. The topological polar surface area (TPSA) is 89.0 Å². The fraction of sp³-hybridized carbons (Fsp3) is 0.276. The second kappa shape index (κ2) is 10.2. The fourth-order valence-electron chi connectivity index (χ4n) is 4.65. The third-order valence-electron chi connectivity index (χ3n) is 6.49. The predicted octanol–water partition coefficient (Wildman–Crippen LogP) is 5.15. The van der Waals surface area contributed by atoms with Gasteiger partial charge in [0.1, 0.15) is 17.3 Å². The Bertz CT molecular complexity index is 1330. The molecule has 1 aliphatic rings. The molecular weight excluding hydrogens is 456 g/mol. The third-order valence-corrected chi connectivity index (χ3v) is 6.49. The number of aromatic nitrogens is 1. The molecule has 186 valence electrons. The molecule has 3 aromatic rings. The minimum atomic E-state index is -0.854. The second-order valence-electron chi connectivity index (χ2n) is 9.05. The van der Waals surface area contributed by atoms with Crippen LogP contribution in [0.15, 0.2) is 66.4 Å². The number of ether oxygens (including phenoxy) is 2. The van der Waals surface area contributed by atoms with Crippen molar-refractivity contribution >= 4 is 17.4 Å². The van der Waals surface area contributed by atoms with Crippen LogP contribution >= 0.6 is 0 Å². The first-order valence-corrected chi connectivity index (χ1v) is 11.8. The number of para-hydroxylation sites is 1. The van der Waals surface area contributed by atoms with Crippen molar-refractivity contribution in [2.45, 2.75) is 39.3 Å². The van der Waals surface area contributed by atoms with Crippen LogP contribution in [0.3, 0.4) is 0 Å². The number of likely N-dealkylation sites (tertiary alicyclic amines) is 1. The van der Waals surface area contributed by atoms with Crippen LogP contribution in [0.1, 0.15) is 53.8 Å². The number of nitrogens with zero attached hydrogens (tertiary/aromatic N) is 2. The summed E-state index contributed by atoms with van der Waals surface area (Å²) in [5, 5.41) is 11.6. The highest BCUT2D eigenvalue weighted by atomic mass is 16.5. The number of carbonyl (C=O) groups is 2. The van der Waals surface area contributed by atoms with Crippen LogP contribution in [-0.4, -0.2) is 40.9 Å². The predicted molar refractivity (Wildman–Crippen MR) is 137 cm³/mol. The molecule has 4 rings (SSSR count). The van der Waals surface area contributed by atoms with Crippen molar-refractivity contribution in [3.63, 3.8) is 0 Å². The average Bonchev–Trinajstić information content (AvgIpc) is 3.13. The number of pyridine rings is 1. The van der Waals surface area contributed by atoms with Gasteiger partial charge in [-0.25, -0.2) is 0 Å². The standard InChI is InChI=1S/C29H30N2O5/c1-17(2)21-15-22(18(3)14-24(21)36-5)27(32)25-26(20-11-6-7-12-23(20)35-4)31(29(34)28(25)33)16-19-10-8-9-13-30-19/h6-15,17,26,32H,16H2,1-5H3/b27-25+. The average molecular weight is 487 g/mol. The highest BCUT2D eigenvalue weighted by Crippen LogP contribution is 2.44. The lowest BCUT2D eigenvalue weighted by Gasteiger charge is -2.26. The van der Waals surface area contributed by atoms with E-state index in [9.17, 15) is 14.7 Å². The summed E-state index contributed by atoms with van der Waals surface area (Å²) < 4.78 is 11.1. The van der Waals surface area contributed by atoms with E-state index in [0.29, 0.717) is 28.3 Å². The molecule has 0 aliphatic carbocycles. The lowest BCUT2D eigenvalue weighted by molar-refractivity contribution is -0.140. The zero-order chi connectivity index (χ0) is 26.0. The van der Waals surface area contributed by atoms with Gasteiger partial charge < -0.3 is 19.5 Å².